The van der Waals surface area contributed by atoms with Crippen LogP contribution in [0.15, 0.2) is 12.1 Å². The number of amides is 1. The van der Waals surface area contributed by atoms with Crippen LogP contribution < -0.4 is 16.8 Å². The van der Waals surface area contributed by atoms with Crippen molar-refractivity contribution in [1.29, 1.82) is 0 Å². The maximum atomic E-state index is 11.7. The number of carbonyl (C=O) groups is 1. The highest BCUT2D eigenvalue weighted by Gasteiger charge is 2.40. The van der Waals surface area contributed by atoms with Crippen molar-refractivity contribution < 1.29 is 4.79 Å². The van der Waals surface area contributed by atoms with Gasteiger partial charge in [-0.05, 0) is 22.2 Å². The monoisotopic (exact) mass is 279 g/mol. The molecule has 0 saturated heterocycles. The molecule has 1 aromatic rings. The highest BCUT2D eigenvalue weighted by molar-refractivity contribution is 6.78. The quantitative estimate of drug-likeness (QED) is 0.810. The summed E-state index contributed by atoms with van der Waals surface area (Å²) >= 11 is 0. The Labute approximate surface area is 117 Å². The predicted octanol–water partition coefficient (Wildman–Crippen LogP) is 1.80. The highest BCUT2D eigenvalue weighted by Crippen LogP contribution is 2.41. The maximum absolute atomic E-state index is 11.7. The zero-order valence-corrected chi connectivity index (χ0v) is 13.9. The average molecular weight is 279 g/mol. The lowest BCUT2D eigenvalue weighted by Crippen LogP contribution is -2.50. The maximum Gasteiger partial charge on any atom is 0.250 e. The Hall–Kier alpha value is -1.36. The van der Waals surface area contributed by atoms with Gasteiger partial charge < -0.3 is 11.5 Å². The van der Waals surface area contributed by atoms with Crippen molar-refractivity contribution in [2.45, 2.75) is 51.6 Å². The van der Waals surface area contributed by atoms with Crippen LogP contribution in [0.5, 0.6) is 0 Å². The summed E-state index contributed by atoms with van der Waals surface area (Å²) in [6, 6.07) is 3.35. The van der Waals surface area contributed by atoms with Gasteiger partial charge in [-0.2, -0.15) is 0 Å². The number of rotatable bonds is 2. The lowest BCUT2D eigenvalue weighted by molar-refractivity contribution is 0.100. The minimum absolute atomic E-state index is 0.0866. The number of pyridine rings is 1. The van der Waals surface area contributed by atoms with Crippen LogP contribution in [-0.2, 0) is 0 Å². The van der Waals surface area contributed by atoms with Crippen LogP contribution in [0.2, 0.25) is 10.1 Å². The Morgan fingerprint density at radius 2 is 1.58 bits per heavy atom. The van der Waals surface area contributed by atoms with Crippen molar-refractivity contribution in [3.8, 4) is 0 Å². The summed E-state index contributed by atoms with van der Waals surface area (Å²) in [5, 5.41) is 1.01. The molecule has 0 aromatic carbocycles. The van der Waals surface area contributed by atoms with Gasteiger partial charge >= 0.3 is 0 Å². The summed E-state index contributed by atoms with van der Waals surface area (Å²) in [6.07, 6.45) is 0. The second-order valence-corrected chi connectivity index (χ2v) is 12.1. The molecule has 0 atom stereocenters. The van der Waals surface area contributed by atoms with E-state index < -0.39 is 14.7 Å². The molecule has 19 heavy (non-hydrogen) atoms. The Morgan fingerprint density at radius 1 is 1.11 bits per heavy atom. The largest absolute Gasteiger partial charge is 0.384 e. The molecule has 5 heteroatoms. The van der Waals surface area contributed by atoms with Crippen LogP contribution in [0.1, 0.15) is 51.9 Å². The summed E-state index contributed by atoms with van der Waals surface area (Å²) in [6.45, 7) is 13.2. The molecule has 0 aliphatic carbocycles. The Morgan fingerprint density at radius 3 is 1.95 bits per heavy atom. The van der Waals surface area contributed by atoms with Crippen molar-refractivity contribution in [3.63, 3.8) is 0 Å². The fraction of sp³-hybridized carbons (Fsp3) is 0.571. The first-order chi connectivity index (χ1) is 8.44. The number of hydrogen-bond acceptors (Lipinski definition) is 3. The van der Waals surface area contributed by atoms with Gasteiger partial charge in [-0.1, -0.05) is 41.5 Å². The van der Waals surface area contributed by atoms with E-state index >= 15 is 0 Å². The first-order valence-electron chi connectivity index (χ1n) is 6.51. The van der Waals surface area contributed by atoms with Crippen LogP contribution in [0.3, 0.4) is 0 Å². The van der Waals surface area contributed by atoms with Crippen molar-refractivity contribution in [3.05, 3.63) is 17.7 Å². The number of nitrogen functional groups attached to an aromatic ring is 1. The molecule has 1 aromatic heterocycles. The predicted molar refractivity (Wildman–Crippen MR) is 83.4 cm³/mol. The van der Waals surface area contributed by atoms with E-state index in [4.69, 9.17) is 11.5 Å². The summed E-state index contributed by atoms with van der Waals surface area (Å²) in [5.41, 5.74) is 11.8. The lowest BCUT2D eigenvalue weighted by Gasteiger charge is -2.39. The number of carbonyl (C=O) groups excluding carboxylic acids is 1. The molecule has 0 aliphatic heterocycles. The van der Waals surface area contributed by atoms with E-state index in [2.05, 4.69) is 46.5 Å². The zero-order valence-electron chi connectivity index (χ0n) is 12.7. The number of nitrogens with zero attached hydrogens (tertiary/aromatic N) is 1. The molecule has 0 fully saturated rings. The minimum atomic E-state index is -1.58. The van der Waals surface area contributed by atoms with E-state index in [1.165, 1.54) is 0 Å². The third-order valence-electron chi connectivity index (χ3n) is 3.22. The van der Waals surface area contributed by atoms with Crippen molar-refractivity contribution in [2.24, 2.45) is 5.73 Å². The van der Waals surface area contributed by atoms with Gasteiger partial charge in [0.05, 0.1) is 5.56 Å². The number of anilines is 1. The van der Waals surface area contributed by atoms with Gasteiger partial charge in [-0.15, -0.1) is 0 Å². The molecule has 0 bridgehead atoms. The first kappa shape index (κ1) is 15.7. The number of aromatic nitrogens is 1. The Bertz CT molecular complexity index is 472. The van der Waals surface area contributed by atoms with Crippen LogP contribution >= 0.6 is 0 Å². The smallest absolute Gasteiger partial charge is 0.250 e. The normalized spacial score (nSPS) is 12.8. The molecule has 0 spiro atoms. The SMILES string of the molecule is CC(C)(C)[SiH](c1nc(N)ccc1C(N)=O)C(C)(C)C. The van der Waals surface area contributed by atoms with E-state index in [1.54, 1.807) is 12.1 Å². The average Bonchev–Trinajstić information content (AvgIpc) is 2.11. The third kappa shape index (κ3) is 3.56. The molecular formula is C14H25N3OSi. The number of primary amides is 1. The van der Waals surface area contributed by atoms with Gasteiger partial charge in [0.2, 0.25) is 5.91 Å². The second-order valence-electron chi connectivity index (χ2n) is 7.20. The molecule has 0 aliphatic rings. The molecule has 1 heterocycles. The van der Waals surface area contributed by atoms with E-state index in [0.29, 0.717) is 11.4 Å². The highest BCUT2D eigenvalue weighted by atomic mass is 28.3. The third-order valence-corrected chi connectivity index (χ3v) is 7.67. The van der Waals surface area contributed by atoms with Gasteiger partial charge in [0.25, 0.3) is 0 Å². The number of nitrogens with two attached hydrogens (primary N) is 2. The zero-order chi connectivity index (χ0) is 15.0. The lowest BCUT2D eigenvalue weighted by atomic mass is 10.2. The van der Waals surface area contributed by atoms with Crippen LogP contribution in [0.25, 0.3) is 0 Å². The fourth-order valence-electron chi connectivity index (χ4n) is 3.04. The van der Waals surface area contributed by atoms with Gasteiger partial charge in [-0.3, -0.25) is 4.79 Å². The van der Waals surface area contributed by atoms with Gasteiger partial charge in [0.15, 0.2) is 0 Å². The fourth-order valence-corrected chi connectivity index (χ4v) is 8.10. The van der Waals surface area contributed by atoms with Gasteiger partial charge in [0.1, 0.15) is 14.6 Å². The molecule has 0 unspecified atom stereocenters. The molecule has 4 N–H and O–H groups in total. The summed E-state index contributed by atoms with van der Waals surface area (Å²) in [4.78, 5) is 16.1. The van der Waals surface area contributed by atoms with Crippen LogP contribution in [0, 0.1) is 0 Å². The summed E-state index contributed by atoms with van der Waals surface area (Å²) in [5.74, 6) is 0.0273. The van der Waals surface area contributed by atoms with Gasteiger partial charge in [0, 0.05) is 5.32 Å². The first-order valence-corrected chi connectivity index (χ1v) is 8.24. The number of hydrogen-bond donors (Lipinski definition) is 2. The van der Waals surface area contributed by atoms with Crippen molar-refractivity contribution in [2.75, 3.05) is 5.73 Å². The molecule has 106 valence electrons. The molecule has 1 amide bonds. The van der Waals surface area contributed by atoms with Crippen molar-refractivity contribution in [1.82, 2.24) is 4.98 Å². The Balaban J connectivity index is 3.55. The van der Waals surface area contributed by atoms with E-state index in [1.807, 2.05) is 0 Å². The molecule has 4 nitrogen and oxygen atoms in total. The molecule has 0 saturated carbocycles. The second kappa shape index (κ2) is 4.96. The van der Waals surface area contributed by atoms with Crippen LogP contribution in [-0.4, -0.2) is 19.7 Å². The topological polar surface area (TPSA) is 82.0 Å². The van der Waals surface area contributed by atoms with Crippen molar-refractivity contribution >= 4 is 25.8 Å². The van der Waals surface area contributed by atoms with E-state index in [9.17, 15) is 4.79 Å². The standard InChI is InChI=1S/C14H25N3OSi/c1-13(2,3)19(14(4,5)6)12-9(11(16)18)7-8-10(15)17-12/h7-8,19H,1-6H3,(H2,15,17)(H2,16,18). The molecular weight excluding hydrogens is 254 g/mol. The summed E-state index contributed by atoms with van der Waals surface area (Å²) < 4.78 is 0. The molecule has 0 radical (unpaired) electrons. The summed E-state index contributed by atoms with van der Waals surface area (Å²) in [7, 11) is -1.58. The Kier molecular flexibility index (Phi) is 4.10. The van der Waals surface area contributed by atoms with Crippen LogP contribution in [0.4, 0.5) is 5.82 Å². The van der Waals surface area contributed by atoms with Gasteiger partial charge in [-0.25, -0.2) is 4.98 Å². The molecule has 1 rings (SSSR count). The van der Waals surface area contributed by atoms with E-state index in [-0.39, 0.29) is 10.1 Å². The minimum Gasteiger partial charge on any atom is -0.384 e. The van der Waals surface area contributed by atoms with E-state index in [0.717, 1.165) is 5.32 Å².